The lowest BCUT2D eigenvalue weighted by Gasteiger charge is -2.09. The number of hydrogen-bond donors (Lipinski definition) is 1. The van der Waals surface area contributed by atoms with Gasteiger partial charge in [-0.3, -0.25) is 4.79 Å². The number of carbonyl (C=O) groups excluding carboxylic acids is 1. The Kier molecular flexibility index (Phi) is 7.64. The van der Waals surface area contributed by atoms with Crippen LogP contribution in [-0.2, 0) is 4.74 Å². The van der Waals surface area contributed by atoms with Gasteiger partial charge in [-0.1, -0.05) is 15.9 Å². The average molecular weight is 393 g/mol. The fourth-order valence-electron chi connectivity index (χ4n) is 1.51. The fraction of sp³-hybridized carbons (Fsp3) is 0.500. The van der Waals surface area contributed by atoms with Crippen LogP contribution in [0.1, 0.15) is 37.0 Å². The van der Waals surface area contributed by atoms with Gasteiger partial charge in [0, 0.05) is 22.1 Å². The molecule has 1 aromatic carbocycles. The SMILES string of the molecule is CC(C)OCCCCNC(=O)c1cc(Br)ccc1Br. The molecule has 106 valence electrons. The molecule has 5 heteroatoms. The molecule has 1 rings (SSSR count). The summed E-state index contributed by atoms with van der Waals surface area (Å²) in [5.41, 5.74) is 0.646. The van der Waals surface area contributed by atoms with Gasteiger partial charge in [-0.2, -0.15) is 0 Å². The average Bonchev–Trinajstić information content (AvgIpc) is 2.36. The summed E-state index contributed by atoms with van der Waals surface area (Å²) >= 11 is 6.74. The molecule has 0 atom stereocenters. The first-order chi connectivity index (χ1) is 9.00. The van der Waals surface area contributed by atoms with Crippen molar-refractivity contribution in [3.05, 3.63) is 32.7 Å². The van der Waals surface area contributed by atoms with E-state index in [1.54, 1.807) is 6.07 Å². The van der Waals surface area contributed by atoms with Crippen LogP contribution in [0, 0.1) is 0 Å². The minimum absolute atomic E-state index is 0.0575. The molecule has 0 saturated carbocycles. The third-order valence-electron chi connectivity index (χ3n) is 2.48. The number of hydrogen-bond acceptors (Lipinski definition) is 2. The third-order valence-corrected chi connectivity index (χ3v) is 3.67. The smallest absolute Gasteiger partial charge is 0.252 e. The van der Waals surface area contributed by atoms with E-state index in [-0.39, 0.29) is 12.0 Å². The lowest BCUT2D eigenvalue weighted by atomic mass is 10.2. The number of carbonyl (C=O) groups is 1. The molecular formula is C14H19Br2NO2. The van der Waals surface area contributed by atoms with Crippen LogP contribution in [0.4, 0.5) is 0 Å². The molecule has 1 aromatic rings. The largest absolute Gasteiger partial charge is 0.379 e. The van der Waals surface area contributed by atoms with Gasteiger partial charge in [0.25, 0.3) is 5.91 Å². The monoisotopic (exact) mass is 391 g/mol. The van der Waals surface area contributed by atoms with Crippen LogP contribution in [0.25, 0.3) is 0 Å². The summed E-state index contributed by atoms with van der Waals surface area (Å²) in [5, 5.41) is 2.91. The molecule has 0 aliphatic rings. The Morgan fingerprint density at radius 2 is 2.05 bits per heavy atom. The van der Waals surface area contributed by atoms with Gasteiger partial charge in [0.15, 0.2) is 0 Å². The molecule has 0 bridgehead atoms. The quantitative estimate of drug-likeness (QED) is 0.708. The van der Waals surface area contributed by atoms with Crippen LogP contribution in [0.5, 0.6) is 0 Å². The first-order valence-electron chi connectivity index (χ1n) is 6.35. The predicted molar refractivity (Wildman–Crippen MR) is 84.5 cm³/mol. The summed E-state index contributed by atoms with van der Waals surface area (Å²) in [5.74, 6) is -0.0575. The summed E-state index contributed by atoms with van der Waals surface area (Å²) in [4.78, 5) is 12.0. The molecule has 0 heterocycles. The summed E-state index contributed by atoms with van der Waals surface area (Å²) in [6, 6.07) is 5.56. The summed E-state index contributed by atoms with van der Waals surface area (Å²) < 4.78 is 7.14. The second-order valence-corrected chi connectivity index (χ2v) is 6.28. The second-order valence-electron chi connectivity index (χ2n) is 4.51. The highest BCUT2D eigenvalue weighted by Crippen LogP contribution is 2.21. The van der Waals surface area contributed by atoms with Gasteiger partial charge in [-0.15, -0.1) is 0 Å². The number of amides is 1. The van der Waals surface area contributed by atoms with Gasteiger partial charge in [-0.25, -0.2) is 0 Å². The van der Waals surface area contributed by atoms with Crippen molar-refractivity contribution in [3.63, 3.8) is 0 Å². The van der Waals surface area contributed by atoms with Crippen LogP contribution in [0.3, 0.4) is 0 Å². The Morgan fingerprint density at radius 3 is 2.74 bits per heavy atom. The van der Waals surface area contributed by atoms with Gasteiger partial charge >= 0.3 is 0 Å². The van der Waals surface area contributed by atoms with E-state index in [0.717, 1.165) is 28.4 Å². The minimum atomic E-state index is -0.0575. The zero-order valence-corrected chi connectivity index (χ0v) is 14.4. The van der Waals surface area contributed by atoms with Crippen molar-refractivity contribution in [1.29, 1.82) is 0 Å². The van der Waals surface area contributed by atoms with Crippen molar-refractivity contribution in [2.75, 3.05) is 13.2 Å². The van der Waals surface area contributed by atoms with E-state index in [1.165, 1.54) is 0 Å². The maximum atomic E-state index is 12.0. The molecule has 0 aliphatic heterocycles. The molecule has 19 heavy (non-hydrogen) atoms. The van der Waals surface area contributed by atoms with Crippen molar-refractivity contribution >= 4 is 37.8 Å². The van der Waals surface area contributed by atoms with E-state index in [1.807, 2.05) is 26.0 Å². The standard InChI is InChI=1S/C14H19Br2NO2/c1-10(2)19-8-4-3-7-17-14(18)12-9-11(15)5-6-13(12)16/h5-6,9-10H,3-4,7-8H2,1-2H3,(H,17,18). The molecule has 0 fully saturated rings. The highest BCUT2D eigenvalue weighted by atomic mass is 79.9. The van der Waals surface area contributed by atoms with E-state index in [9.17, 15) is 4.79 Å². The Balaban J connectivity index is 2.29. The van der Waals surface area contributed by atoms with Crippen molar-refractivity contribution in [2.24, 2.45) is 0 Å². The first kappa shape index (κ1) is 16.7. The maximum absolute atomic E-state index is 12.0. The number of nitrogens with one attached hydrogen (secondary N) is 1. The highest BCUT2D eigenvalue weighted by Gasteiger charge is 2.09. The van der Waals surface area contributed by atoms with Crippen LogP contribution in [0.2, 0.25) is 0 Å². The van der Waals surface area contributed by atoms with E-state index in [4.69, 9.17) is 4.74 Å². The van der Waals surface area contributed by atoms with Crippen molar-refractivity contribution in [1.82, 2.24) is 5.32 Å². The summed E-state index contributed by atoms with van der Waals surface area (Å²) in [6.07, 6.45) is 2.15. The van der Waals surface area contributed by atoms with Crippen molar-refractivity contribution in [2.45, 2.75) is 32.8 Å². The first-order valence-corrected chi connectivity index (χ1v) is 7.94. The number of benzene rings is 1. The van der Waals surface area contributed by atoms with Gasteiger partial charge in [0.2, 0.25) is 0 Å². The summed E-state index contributed by atoms with van der Waals surface area (Å²) in [6.45, 7) is 5.45. The topological polar surface area (TPSA) is 38.3 Å². The van der Waals surface area contributed by atoms with Gasteiger partial charge in [-0.05, 0) is 60.8 Å². The lowest BCUT2D eigenvalue weighted by Crippen LogP contribution is -2.25. The number of ether oxygens (including phenoxy) is 1. The van der Waals surface area contributed by atoms with Crippen LogP contribution < -0.4 is 5.32 Å². The maximum Gasteiger partial charge on any atom is 0.252 e. The lowest BCUT2D eigenvalue weighted by molar-refractivity contribution is 0.0754. The van der Waals surface area contributed by atoms with E-state index in [2.05, 4.69) is 37.2 Å². The molecule has 0 unspecified atom stereocenters. The normalized spacial score (nSPS) is 10.8. The van der Waals surface area contributed by atoms with E-state index < -0.39 is 0 Å². The Hall–Kier alpha value is -0.390. The Labute approximate surface area is 131 Å². The van der Waals surface area contributed by atoms with Crippen LogP contribution in [0.15, 0.2) is 27.1 Å². The molecular weight excluding hydrogens is 374 g/mol. The van der Waals surface area contributed by atoms with Crippen LogP contribution in [-0.4, -0.2) is 25.2 Å². The molecule has 1 amide bonds. The third kappa shape index (κ3) is 6.54. The number of rotatable bonds is 7. The Bertz CT molecular complexity index is 422. The molecule has 0 aromatic heterocycles. The van der Waals surface area contributed by atoms with Crippen molar-refractivity contribution < 1.29 is 9.53 Å². The van der Waals surface area contributed by atoms with E-state index in [0.29, 0.717) is 12.1 Å². The highest BCUT2D eigenvalue weighted by molar-refractivity contribution is 9.11. The van der Waals surface area contributed by atoms with E-state index >= 15 is 0 Å². The zero-order chi connectivity index (χ0) is 14.3. The second kappa shape index (κ2) is 8.72. The molecule has 1 N–H and O–H groups in total. The van der Waals surface area contributed by atoms with Gasteiger partial charge in [0.05, 0.1) is 11.7 Å². The van der Waals surface area contributed by atoms with Crippen LogP contribution >= 0.6 is 31.9 Å². The Morgan fingerprint density at radius 1 is 1.32 bits per heavy atom. The number of halogens is 2. The van der Waals surface area contributed by atoms with Gasteiger partial charge < -0.3 is 10.1 Å². The molecule has 0 radical (unpaired) electrons. The molecule has 0 spiro atoms. The number of unbranched alkanes of at least 4 members (excludes halogenated alkanes) is 1. The molecule has 0 aliphatic carbocycles. The predicted octanol–water partition coefficient (Wildman–Crippen LogP) is 4.15. The zero-order valence-electron chi connectivity index (χ0n) is 11.2. The van der Waals surface area contributed by atoms with Gasteiger partial charge in [0.1, 0.15) is 0 Å². The fourth-order valence-corrected chi connectivity index (χ4v) is 2.30. The molecule has 3 nitrogen and oxygen atoms in total. The minimum Gasteiger partial charge on any atom is -0.379 e. The molecule has 0 saturated heterocycles. The summed E-state index contributed by atoms with van der Waals surface area (Å²) in [7, 11) is 0. The van der Waals surface area contributed by atoms with Crippen molar-refractivity contribution in [3.8, 4) is 0 Å².